The first-order valence-electron chi connectivity index (χ1n) is 7.30. The van der Waals surface area contributed by atoms with E-state index in [0.717, 1.165) is 24.2 Å². The van der Waals surface area contributed by atoms with E-state index < -0.39 is 0 Å². The fraction of sp³-hybridized carbons (Fsp3) is 0.353. The number of nitrogens with zero attached hydrogens (tertiary/aromatic N) is 1. The van der Waals surface area contributed by atoms with Gasteiger partial charge in [-0.25, -0.2) is 0 Å². The third-order valence-electron chi connectivity index (χ3n) is 3.22. The molecule has 0 fully saturated rings. The van der Waals surface area contributed by atoms with Gasteiger partial charge in [0.1, 0.15) is 11.5 Å². The van der Waals surface area contributed by atoms with Gasteiger partial charge in [-0.1, -0.05) is 19.1 Å². The lowest BCUT2D eigenvalue weighted by Gasteiger charge is -2.13. The molecule has 1 aromatic heterocycles. The predicted molar refractivity (Wildman–Crippen MR) is 83.4 cm³/mol. The maximum absolute atomic E-state index is 9.12. The van der Waals surface area contributed by atoms with Crippen LogP contribution in [0, 0.1) is 0 Å². The SMILES string of the molecule is CCCNC(C)c1ccc(Oc2cccc(CO)c2)cn1. The Kier molecular flexibility index (Phi) is 5.72. The van der Waals surface area contributed by atoms with Gasteiger partial charge in [-0.15, -0.1) is 0 Å². The number of pyridine rings is 1. The van der Waals surface area contributed by atoms with Crippen LogP contribution in [0.15, 0.2) is 42.6 Å². The van der Waals surface area contributed by atoms with E-state index in [1.807, 2.05) is 36.4 Å². The summed E-state index contributed by atoms with van der Waals surface area (Å²) in [6.07, 6.45) is 2.83. The smallest absolute Gasteiger partial charge is 0.145 e. The molecule has 1 atom stereocenters. The summed E-state index contributed by atoms with van der Waals surface area (Å²) >= 11 is 0. The zero-order chi connectivity index (χ0) is 15.1. The Morgan fingerprint density at radius 1 is 1.24 bits per heavy atom. The molecule has 0 saturated carbocycles. The van der Waals surface area contributed by atoms with Crippen molar-refractivity contribution in [3.63, 3.8) is 0 Å². The molecule has 2 aromatic rings. The molecule has 1 unspecified atom stereocenters. The first-order valence-corrected chi connectivity index (χ1v) is 7.30. The Balaban J connectivity index is 2.01. The van der Waals surface area contributed by atoms with E-state index in [1.165, 1.54) is 0 Å². The molecule has 21 heavy (non-hydrogen) atoms. The zero-order valence-electron chi connectivity index (χ0n) is 12.5. The van der Waals surface area contributed by atoms with E-state index in [1.54, 1.807) is 6.20 Å². The Morgan fingerprint density at radius 2 is 2.10 bits per heavy atom. The van der Waals surface area contributed by atoms with E-state index in [2.05, 4.69) is 24.1 Å². The average Bonchev–Trinajstić information content (AvgIpc) is 2.53. The van der Waals surface area contributed by atoms with E-state index in [9.17, 15) is 0 Å². The number of ether oxygens (including phenoxy) is 1. The monoisotopic (exact) mass is 286 g/mol. The Hall–Kier alpha value is -1.91. The van der Waals surface area contributed by atoms with Crippen LogP contribution in [0.4, 0.5) is 0 Å². The molecule has 2 rings (SSSR count). The number of rotatable bonds is 7. The molecule has 0 saturated heterocycles. The summed E-state index contributed by atoms with van der Waals surface area (Å²) in [4.78, 5) is 4.43. The number of hydrogen-bond donors (Lipinski definition) is 2. The average molecular weight is 286 g/mol. The molecule has 0 spiro atoms. The van der Waals surface area contributed by atoms with Gasteiger partial charge in [0.15, 0.2) is 0 Å². The van der Waals surface area contributed by atoms with Crippen molar-refractivity contribution in [3.05, 3.63) is 53.9 Å². The second kappa shape index (κ2) is 7.76. The molecular weight excluding hydrogens is 264 g/mol. The summed E-state index contributed by atoms with van der Waals surface area (Å²) in [6.45, 7) is 5.23. The van der Waals surface area contributed by atoms with Gasteiger partial charge in [0.25, 0.3) is 0 Å². The molecule has 0 bridgehead atoms. The van der Waals surface area contributed by atoms with Crippen molar-refractivity contribution in [1.29, 1.82) is 0 Å². The number of aromatic nitrogens is 1. The Labute approximate surface area is 125 Å². The van der Waals surface area contributed by atoms with Gasteiger partial charge >= 0.3 is 0 Å². The van der Waals surface area contributed by atoms with Gasteiger partial charge in [-0.05, 0) is 49.7 Å². The highest BCUT2D eigenvalue weighted by atomic mass is 16.5. The number of benzene rings is 1. The van der Waals surface area contributed by atoms with Crippen LogP contribution in [0.2, 0.25) is 0 Å². The van der Waals surface area contributed by atoms with E-state index in [0.29, 0.717) is 11.5 Å². The normalized spacial score (nSPS) is 12.1. The number of hydrogen-bond acceptors (Lipinski definition) is 4. The molecule has 1 aromatic carbocycles. The summed E-state index contributed by atoms with van der Waals surface area (Å²) in [5.74, 6) is 1.39. The van der Waals surface area contributed by atoms with Gasteiger partial charge in [0.2, 0.25) is 0 Å². The topological polar surface area (TPSA) is 54.4 Å². The molecule has 1 heterocycles. The highest BCUT2D eigenvalue weighted by Crippen LogP contribution is 2.22. The Morgan fingerprint density at radius 3 is 2.76 bits per heavy atom. The lowest BCUT2D eigenvalue weighted by atomic mass is 10.2. The minimum Gasteiger partial charge on any atom is -0.456 e. The molecule has 4 heteroatoms. The quantitative estimate of drug-likeness (QED) is 0.819. The summed E-state index contributed by atoms with van der Waals surface area (Å²) < 4.78 is 5.74. The van der Waals surface area contributed by atoms with E-state index in [-0.39, 0.29) is 12.6 Å². The van der Waals surface area contributed by atoms with Crippen molar-refractivity contribution in [2.45, 2.75) is 32.9 Å². The lowest BCUT2D eigenvalue weighted by Crippen LogP contribution is -2.20. The maximum atomic E-state index is 9.12. The Bertz CT molecular complexity index is 555. The summed E-state index contributed by atoms with van der Waals surface area (Å²) in [7, 11) is 0. The van der Waals surface area contributed by atoms with Crippen molar-refractivity contribution in [3.8, 4) is 11.5 Å². The largest absolute Gasteiger partial charge is 0.456 e. The minimum absolute atomic E-state index is 0.00893. The van der Waals surface area contributed by atoms with Crippen molar-refractivity contribution in [2.75, 3.05) is 6.54 Å². The standard InChI is InChI=1S/C17H22N2O2/c1-3-9-18-13(2)17-8-7-16(11-19-17)21-15-6-4-5-14(10-15)12-20/h4-8,10-11,13,18,20H,3,9,12H2,1-2H3. The van der Waals surface area contributed by atoms with E-state index >= 15 is 0 Å². The van der Waals surface area contributed by atoms with Crippen molar-refractivity contribution < 1.29 is 9.84 Å². The highest BCUT2D eigenvalue weighted by Gasteiger charge is 2.06. The van der Waals surface area contributed by atoms with Crippen LogP contribution in [0.25, 0.3) is 0 Å². The molecule has 4 nitrogen and oxygen atoms in total. The second-order valence-corrected chi connectivity index (χ2v) is 5.00. The van der Waals surface area contributed by atoms with Gasteiger partial charge in [-0.3, -0.25) is 4.98 Å². The van der Waals surface area contributed by atoms with Gasteiger partial charge in [-0.2, -0.15) is 0 Å². The molecule has 0 radical (unpaired) electrons. The summed E-state index contributed by atoms with van der Waals surface area (Å²) in [5.41, 5.74) is 1.83. The van der Waals surface area contributed by atoms with Crippen LogP contribution in [0.1, 0.15) is 37.6 Å². The number of nitrogens with one attached hydrogen (secondary N) is 1. The molecule has 2 N–H and O–H groups in total. The number of aliphatic hydroxyl groups excluding tert-OH is 1. The summed E-state index contributed by atoms with van der Waals surface area (Å²) in [5, 5.41) is 12.5. The molecule has 0 aliphatic carbocycles. The number of aliphatic hydroxyl groups is 1. The van der Waals surface area contributed by atoms with Crippen molar-refractivity contribution >= 4 is 0 Å². The molecule has 0 aliphatic heterocycles. The summed E-state index contributed by atoms with van der Waals surface area (Å²) in [6, 6.07) is 11.5. The molecule has 0 amide bonds. The van der Waals surface area contributed by atoms with Gasteiger partial charge in [0.05, 0.1) is 18.5 Å². The van der Waals surface area contributed by atoms with Crippen LogP contribution in [0.3, 0.4) is 0 Å². The minimum atomic E-state index is 0.00893. The van der Waals surface area contributed by atoms with Crippen molar-refractivity contribution in [2.24, 2.45) is 0 Å². The molecular formula is C17H22N2O2. The highest BCUT2D eigenvalue weighted by molar-refractivity contribution is 5.33. The van der Waals surface area contributed by atoms with Gasteiger partial charge in [0, 0.05) is 6.04 Å². The van der Waals surface area contributed by atoms with Crippen molar-refractivity contribution in [1.82, 2.24) is 10.3 Å². The van der Waals surface area contributed by atoms with E-state index in [4.69, 9.17) is 9.84 Å². The van der Waals surface area contributed by atoms with Crippen LogP contribution in [0.5, 0.6) is 11.5 Å². The first-order chi connectivity index (χ1) is 10.2. The predicted octanol–water partition coefficient (Wildman–Crippen LogP) is 3.43. The maximum Gasteiger partial charge on any atom is 0.145 e. The van der Waals surface area contributed by atoms with Crippen LogP contribution >= 0.6 is 0 Å². The third kappa shape index (κ3) is 4.55. The van der Waals surface area contributed by atoms with Crippen LogP contribution in [-0.2, 0) is 6.61 Å². The van der Waals surface area contributed by atoms with Crippen LogP contribution < -0.4 is 10.1 Å². The lowest BCUT2D eigenvalue weighted by molar-refractivity contribution is 0.281. The fourth-order valence-corrected chi connectivity index (χ4v) is 2.02. The van der Waals surface area contributed by atoms with Gasteiger partial charge < -0.3 is 15.2 Å². The first kappa shape index (κ1) is 15.5. The van der Waals surface area contributed by atoms with Crippen LogP contribution in [-0.4, -0.2) is 16.6 Å². The second-order valence-electron chi connectivity index (χ2n) is 5.00. The fourth-order valence-electron chi connectivity index (χ4n) is 2.02. The molecule has 0 aliphatic rings. The molecule has 112 valence electrons. The third-order valence-corrected chi connectivity index (χ3v) is 3.22. The zero-order valence-corrected chi connectivity index (χ0v) is 12.5.